The molecule has 2 aliphatic heterocycles. The summed E-state index contributed by atoms with van der Waals surface area (Å²) >= 11 is 0. The van der Waals surface area contributed by atoms with Crippen molar-refractivity contribution in [2.45, 2.75) is 51.0 Å². The van der Waals surface area contributed by atoms with Crippen LogP contribution in [0.25, 0.3) is 0 Å². The highest BCUT2D eigenvalue weighted by molar-refractivity contribution is 6.01. The number of nitrogens with zero attached hydrogens (tertiary/aromatic N) is 1. The average molecular weight is 490 g/mol. The van der Waals surface area contributed by atoms with Crippen LogP contribution in [0.1, 0.15) is 37.0 Å². The van der Waals surface area contributed by atoms with Gasteiger partial charge in [0.15, 0.2) is 0 Å². The number of hydrogen-bond acceptors (Lipinski definition) is 7. The predicted molar refractivity (Wildman–Crippen MR) is 123 cm³/mol. The van der Waals surface area contributed by atoms with E-state index in [4.69, 9.17) is 15.2 Å². The molecule has 2 aliphatic rings. The van der Waals surface area contributed by atoms with Gasteiger partial charge in [-0.05, 0) is 26.0 Å². The molecule has 0 spiro atoms. The summed E-state index contributed by atoms with van der Waals surface area (Å²) in [7, 11) is 0. The van der Waals surface area contributed by atoms with Crippen LogP contribution in [0.2, 0.25) is 0 Å². The van der Waals surface area contributed by atoms with Crippen LogP contribution in [-0.2, 0) is 23.9 Å². The summed E-state index contributed by atoms with van der Waals surface area (Å²) in [5, 5.41) is 7.67. The molecule has 1 aromatic carbocycles. The molecule has 12 heteroatoms. The van der Waals surface area contributed by atoms with E-state index in [1.165, 1.54) is 4.90 Å². The van der Waals surface area contributed by atoms with Crippen LogP contribution in [0.5, 0.6) is 5.75 Å². The number of carbonyl (C=O) groups is 5. The molecule has 5 amide bonds. The van der Waals surface area contributed by atoms with E-state index in [2.05, 4.69) is 16.0 Å². The smallest absolute Gasteiger partial charge is 0.255 e. The average Bonchev–Trinajstić information content (AvgIpc) is 2.79. The summed E-state index contributed by atoms with van der Waals surface area (Å²) in [5.74, 6) is -2.88. The van der Waals surface area contributed by atoms with E-state index in [-0.39, 0.29) is 36.7 Å². The molecule has 2 heterocycles. The molecule has 12 nitrogen and oxygen atoms in total. The zero-order chi connectivity index (χ0) is 25.5. The van der Waals surface area contributed by atoms with E-state index in [0.29, 0.717) is 13.1 Å². The topological polar surface area (TPSA) is 169 Å². The molecule has 1 fully saturated rings. The molecular formula is C23H31N5O7. The number of hydrogen-bond donors (Lipinski definition) is 4. The second-order valence-electron chi connectivity index (χ2n) is 8.66. The number of fused-ring (bicyclic) bond motifs is 1. The van der Waals surface area contributed by atoms with E-state index < -0.39 is 54.5 Å². The summed E-state index contributed by atoms with van der Waals surface area (Å²) in [4.78, 5) is 64.9. The van der Waals surface area contributed by atoms with Gasteiger partial charge in [-0.25, -0.2) is 0 Å². The maximum atomic E-state index is 13.4. The second kappa shape index (κ2) is 11.6. The minimum atomic E-state index is -1.23. The van der Waals surface area contributed by atoms with E-state index in [1.54, 1.807) is 24.3 Å². The molecule has 190 valence electrons. The molecule has 0 unspecified atom stereocenters. The van der Waals surface area contributed by atoms with Gasteiger partial charge in [-0.1, -0.05) is 12.1 Å². The number of nitrogens with two attached hydrogens (primary N) is 1. The van der Waals surface area contributed by atoms with E-state index in [9.17, 15) is 24.0 Å². The van der Waals surface area contributed by atoms with Gasteiger partial charge in [-0.2, -0.15) is 0 Å². The van der Waals surface area contributed by atoms with Crippen molar-refractivity contribution in [2.75, 3.05) is 26.2 Å². The minimum Gasteiger partial charge on any atom is -0.491 e. The quantitative estimate of drug-likeness (QED) is 0.408. The summed E-state index contributed by atoms with van der Waals surface area (Å²) in [6.45, 7) is 4.34. The molecule has 0 aliphatic carbocycles. The van der Waals surface area contributed by atoms with Gasteiger partial charge in [0.05, 0.1) is 37.2 Å². The number of rotatable bonds is 3. The molecule has 5 N–H and O–H groups in total. The van der Waals surface area contributed by atoms with Crippen LogP contribution in [0, 0.1) is 0 Å². The molecule has 0 aromatic heterocycles. The Morgan fingerprint density at radius 1 is 1.09 bits per heavy atom. The summed E-state index contributed by atoms with van der Waals surface area (Å²) in [6.07, 6.45) is -1.31. The minimum absolute atomic E-state index is 0.0270. The van der Waals surface area contributed by atoms with Gasteiger partial charge in [0, 0.05) is 13.1 Å². The van der Waals surface area contributed by atoms with E-state index in [0.717, 1.165) is 0 Å². The molecule has 1 saturated heterocycles. The highest BCUT2D eigenvalue weighted by atomic mass is 16.5. The number of amides is 5. The van der Waals surface area contributed by atoms with Crippen molar-refractivity contribution in [1.82, 2.24) is 20.9 Å². The number of ether oxygens (including phenoxy) is 2. The lowest BCUT2D eigenvalue weighted by atomic mass is 10.1. The number of primary amides is 1. The van der Waals surface area contributed by atoms with Crippen LogP contribution in [-0.4, -0.2) is 85.0 Å². The Morgan fingerprint density at radius 2 is 1.77 bits per heavy atom. The Morgan fingerprint density at radius 3 is 2.46 bits per heavy atom. The predicted octanol–water partition coefficient (Wildman–Crippen LogP) is -1.32. The SMILES string of the molecule is C[C@@H]1CN(C(=O)[C@@H]2CC(=O)N[C@@H](CC(N)=O)C(=O)NCCOc3ccccc3C(=O)N2)C[C@H](C)O1. The van der Waals surface area contributed by atoms with Gasteiger partial charge >= 0.3 is 0 Å². The van der Waals surface area contributed by atoms with Gasteiger partial charge in [-0.15, -0.1) is 0 Å². The molecule has 0 bridgehead atoms. The number of morpholine rings is 1. The van der Waals surface area contributed by atoms with Crippen molar-refractivity contribution in [3.8, 4) is 5.75 Å². The first-order chi connectivity index (χ1) is 16.6. The Hall–Kier alpha value is -3.67. The fraction of sp³-hybridized carbons (Fsp3) is 0.522. The number of para-hydroxylation sites is 1. The second-order valence-corrected chi connectivity index (χ2v) is 8.66. The lowest BCUT2D eigenvalue weighted by Gasteiger charge is -2.37. The molecule has 3 rings (SSSR count). The maximum absolute atomic E-state index is 13.4. The van der Waals surface area contributed by atoms with Gasteiger partial charge < -0.3 is 36.1 Å². The Balaban J connectivity index is 1.90. The number of benzene rings is 1. The van der Waals surface area contributed by atoms with Crippen LogP contribution in [0.4, 0.5) is 0 Å². The first-order valence-corrected chi connectivity index (χ1v) is 11.5. The van der Waals surface area contributed by atoms with E-state index >= 15 is 0 Å². The van der Waals surface area contributed by atoms with Crippen molar-refractivity contribution in [3.63, 3.8) is 0 Å². The van der Waals surface area contributed by atoms with Gasteiger partial charge in [-0.3, -0.25) is 24.0 Å². The third kappa shape index (κ3) is 7.15. The van der Waals surface area contributed by atoms with Crippen molar-refractivity contribution in [3.05, 3.63) is 29.8 Å². The third-order valence-electron chi connectivity index (χ3n) is 5.57. The maximum Gasteiger partial charge on any atom is 0.255 e. The third-order valence-corrected chi connectivity index (χ3v) is 5.57. The summed E-state index contributed by atoms with van der Waals surface area (Å²) < 4.78 is 11.3. The molecule has 0 radical (unpaired) electrons. The lowest BCUT2D eigenvalue weighted by molar-refractivity contribution is -0.146. The molecular weight excluding hydrogens is 458 g/mol. The summed E-state index contributed by atoms with van der Waals surface area (Å²) in [5.41, 5.74) is 5.42. The lowest BCUT2D eigenvalue weighted by Crippen LogP contribution is -2.57. The fourth-order valence-corrected chi connectivity index (χ4v) is 4.10. The van der Waals surface area contributed by atoms with Crippen molar-refractivity contribution >= 4 is 29.5 Å². The van der Waals surface area contributed by atoms with Gasteiger partial charge in [0.1, 0.15) is 24.4 Å². The standard InChI is InChI=1S/C23H31N5O7/c1-13-11-28(12-14(2)35-13)23(33)17-10-20(30)26-16(9-19(24)29)22(32)25-7-8-34-18-6-4-3-5-15(18)21(31)27-17/h3-6,13-14,16-17H,7-12H2,1-2H3,(H2,24,29)(H,25,32)(H,26,30)(H,27,31)/t13-,14+,16-,17-/m0/s1. The van der Waals surface area contributed by atoms with Crippen LogP contribution in [0.15, 0.2) is 24.3 Å². The monoisotopic (exact) mass is 489 g/mol. The largest absolute Gasteiger partial charge is 0.491 e. The molecule has 1 aromatic rings. The number of carbonyl (C=O) groups excluding carboxylic acids is 5. The fourth-order valence-electron chi connectivity index (χ4n) is 4.10. The first kappa shape index (κ1) is 25.9. The van der Waals surface area contributed by atoms with Crippen molar-refractivity contribution in [2.24, 2.45) is 5.73 Å². The van der Waals surface area contributed by atoms with Crippen LogP contribution < -0.4 is 26.4 Å². The Labute approximate surface area is 202 Å². The number of nitrogens with one attached hydrogen (secondary N) is 3. The Bertz CT molecular complexity index is 975. The normalized spacial score (nSPS) is 26.2. The van der Waals surface area contributed by atoms with Gasteiger partial charge in [0.25, 0.3) is 5.91 Å². The highest BCUT2D eigenvalue weighted by Gasteiger charge is 2.34. The van der Waals surface area contributed by atoms with E-state index in [1.807, 2.05) is 13.8 Å². The molecule has 0 saturated carbocycles. The highest BCUT2D eigenvalue weighted by Crippen LogP contribution is 2.19. The van der Waals surface area contributed by atoms with Crippen LogP contribution in [0.3, 0.4) is 0 Å². The first-order valence-electron chi connectivity index (χ1n) is 11.5. The Kier molecular flexibility index (Phi) is 8.63. The van der Waals surface area contributed by atoms with Crippen molar-refractivity contribution < 1.29 is 33.4 Å². The van der Waals surface area contributed by atoms with Crippen molar-refractivity contribution in [1.29, 1.82) is 0 Å². The molecule has 35 heavy (non-hydrogen) atoms. The zero-order valence-electron chi connectivity index (χ0n) is 19.7. The van der Waals surface area contributed by atoms with Gasteiger partial charge in [0.2, 0.25) is 23.6 Å². The molecule has 4 atom stereocenters. The zero-order valence-corrected chi connectivity index (χ0v) is 19.7. The summed E-state index contributed by atoms with van der Waals surface area (Å²) in [6, 6.07) is 4.00. The van der Waals surface area contributed by atoms with Crippen LogP contribution >= 0.6 is 0 Å².